The van der Waals surface area contributed by atoms with Crippen molar-refractivity contribution in [3.8, 4) is 0 Å². The fraction of sp³-hybridized carbons (Fsp3) is 0.857. The standard InChI is InChI=1S/C7H14N2O3/c1-11-7(10)9-4-6(5-9)12-3-2-8/h6H,2-5,8H2,1H3. The summed E-state index contributed by atoms with van der Waals surface area (Å²) in [5.41, 5.74) is 5.25. The molecule has 1 fully saturated rings. The highest BCUT2D eigenvalue weighted by Gasteiger charge is 2.31. The van der Waals surface area contributed by atoms with E-state index in [4.69, 9.17) is 10.5 Å². The minimum Gasteiger partial charge on any atom is -0.453 e. The second kappa shape index (κ2) is 4.27. The molecule has 2 N–H and O–H groups in total. The van der Waals surface area contributed by atoms with Gasteiger partial charge in [0.2, 0.25) is 0 Å². The lowest BCUT2D eigenvalue weighted by Gasteiger charge is -2.37. The van der Waals surface area contributed by atoms with Crippen molar-refractivity contribution in [2.24, 2.45) is 5.73 Å². The van der Waals surface area contributed by atoms with Gasteiger partial charge in [0.25, 0.3) is 0 Å². The van der Waals surface area contributed by atoms with Crippen LogP contribution in [0.25, 0.3) is 0 Å². The Kier molecular flexibility index (Phi) is 3.31. The van der Waals surface area contributed by atoms with E-state index >= 15 is 0 Å². The fourth-order valence-corrected chi connectivity index (χ4v) is 1.06. The number of carbonyl (C=O) groups excluding carboxylic acids is 1. The van der Waals surface area contributed by atoms with Gasteiger partial charge >= 0.3 is 6.09 Å². The molecule has 0 spiro atoms. The Hall–Kier alpha value is -0.810. The summed E-state index contributed by atoms with van der Waals surface area (Å²) in [6.45, 7) is 2.31. The largest absolute Gasteiger partial charge is 0.453 e. The molecule has 0 aliphatic carbocycles. The molecule has 5 heteroatoms. The first-order chi connectivity index (χ1) is 5.77. The molecule has 0 bridgehead atoms. The molecule has 12 heavy (non-hydrogen) atoms. The van der Waals surface area contributed by atoms with Gasteiger partial charge in [-0.3, -0.25) is 0 Å². The number of nitrogens with zero attached hydrogens (tertiary/aromatic N) is 1. The number of nitrogens with two attached hydrogens (primary N) is 1. The molecule has 1 heterocycles. The Balaban J connectivity index is 2.07. The molecule has 0 radical (unpaired) electrons. The zero-order valence-electron chi connectivity index (χ0n) is 7.16. The van der Waals surface area contributed by atoms with E-state index in [2.05, 4.69) is 4.74 Å². The van der Waals surface area contributed by atoms with Crippen molar-refractivity contribution in [1.82, 2.24) is 4.90 Å². The van der Waals surface area contributed by atoms with Crippen molar-refractivity contribution in [2.75, 3.05) is 33.4 Å². The number of carbonyl (C=O) groups is 1. The van der Waals surface area contributed by atoms with E-state index in [-0.39, 0.29) is 12.2 Å². The van der Waals surface area contributed by atoms with Gasteiger partial charge in [0.1, 0.15) is 0 Å². The van der Waals surface area contributed by atoms with Gasteiger partial charge in [0.15, 0.2) is 0 Å². The SMILES string of the molecule is COC(=O)N1CC(OCCN)C1. The second-order valence-corrected chi connectivity index (χ2v) is 2.66. The lowest BCUT2D eigenvalue weighted by atomic mass is 10.2. The predicted molar refractivity (Wildman–Crippen MR) is 42.8 cm³/mol. The number of methoxy groups -OCH3 is 1. The number of likely N-dealkylation sites (tertiary alicyclic amines) is 1. The molecule has 0 aromatic heterocycles. The number of ether oxygens (including phenoxy) is 2. The van der Waals surface area contributed by atoms with E-state index < -0.39 is 0 Å². The van der Waals surface area contributed by atoms with Crippen molar-refractivity contribution in [3.63, 3.8) is 0 Å². The number of hydrogen-bond acceptors (Lipinski definition) is 4. The zero-order valence-corrected chi connectivity index (χ0v) is 7.16. The topological polar surface area (TPSA) is 64.8 Å². The van der Waals surface area contributed by atoms with Gasteiger partial charge in [-0.1, -0.05) is 0 Å². The quantitative estimate of drug-likeness (QED) is 0.621. The third kappa shape index (κ3) is 2.09. The van der Waals surface area contributed by atoms with Gasteiger partial charge < -0.3 is 20.1 Å². The van der Waals surface area contributed by atoms with Gasteiger partial charge in [-0.25, -0.2) is 4.79 Å². The van der Waals surface area contributed by atoms with Crippen molar-refractivity contribution in [1.29, 1.82) is 0 Å². The monoisotopic (exact) mass is 174 g/mol. The maximum Gasteiger partial charge on any atom is 0.409 e. The first-order valence-corrected chi connectivity index (χ1v) is 3.92. The Morgan fingerprint density at radius 1 is 1.67 bits per heavy atom. The van der Waals surface area contributed by atoms with E-state index in [1.807, 2.05) is 0 Å². The third-order valence-corrected chi connectivity index (χ3v) is 1.75. The molecule has 1 rings (SSSR count). The van der Waals surface area contributed by atoms with Gasteiger partial charge in [0, 0.05) is 6.54 Å². The highest BCUT2D eigenvalue weighted by molar-refractivity contribution is 5.68. The van der Waals surface area contributed by atoms with Gasteiger partial charge in [0.05, 0.1) is 32.9 Å². The molecular formula is C7H14N2O3. The van der Waals surface area contributed by atoms with Crippen LogP contribution >= 0.6 is 0 Å². The van der Waals surface area contributed by atoms with E-state index in [9.17, 15) is 4.79 Å². The minimum atomic E-state index is -0.289. The summed E-state index contributed by atoms with van der Waals surface area (Å²) in [5.74, 6) is 0. The van der Waals surface area contributed by atoms with Crippen LogP contribution in [0.3, 0.4) is 0 Å². The van der Waals surface area contributed by atoms with Crippen molar-refractivity contribution >= 4 is 6.09 Å². The summed E-state index contributed by atoms with van der Waals surface area (Å²) in [5, 5.41) is 0. The number of hydrogen-bond donors (Lipinski definition) is 1. The normalized spacial score (nSPS) is 17.3. The van der Waals surface area contributed by atoms with E-state index in [1.54, 1.807) is 4.90 Å². The van der Waals surface area contributed by atoms with Crippen LogP contribution < -0.4 is 5.73 Å². The summed E-state index contributed by atoms with van der Waals surface area (Å²) in [7, 11) is 1.37. The summed E-state index contributed by atoms with van der Waals surface area (Å²) in [6.07, 6.45) is -0.143. The molecule has 1 amide bonds. The third-order valence-electron chi connectivity index (χ3n) is 1.75. The molecule has 0 atom stereocenters. The molecule has 0 aromatic rings. The summed E-state index contributed by atoms with van der Waals surface area (Å²) < 4.78 is 9.79. The molecule has 70 valence electrons. The minimum absolute atomic E-state index is 0.146. The lowest BCUT2D eigenvalue weighted by Crippen LogP contribution is -2.55. The average Bonchev–Trinajstić information content (AvgIpc) is 2.01. The van der Waals surface area contributed by atoms with Crippen molar-refractivity contribution < 1.29 is 14.3 Å². The smallest absolute Gasteiger partial charge is 0.409 e. The van der Waals surface area contributed by atoms with Crippen LogP contribution in [0.2, 0.25) is 0 Å². The fourth-order valence-electron chi connectivity index (χ4n) is 1.06. The van der Waals surface area contributed by atoms with Crippen LogP contribution in [-0.4, -0.2) is 50.4 Å². The average molecular weight is 174 g/mol. The molecule has 0 saturated carbocycles. The highest BCUT2D eigenvalue weighted by Crippen LogP contribution is 2.11. The lowest BCUT2D eigenvalue weighted by molar-refractivity contribution is -0.0440. The van der Waals surface area contributed by atoms with E-state index in [0.29, 0.717) is 26.2 Å². The maximum atomic E-state index is 10.8. The number of rotatable bonds is 3. The molecule has 1 saturated heterocycles. The molecule has 1 aliphatic rings. The predicted octanol–water partition coefficient (Wildman–Crippen LogP) is -0.588. The molecule has 1 aliphatic heterocycles. The van der Waals surface area contributed by atoms with Crippen LogP contribution in [0.15, 0.2) is 0 Å². The van der Waals surface area contributed by atoms with Gasteiger partial charge in [-0.05, 0) is 0 Å². The summed E-state index contributed by atoms with van der Waals surface area (Å²) in [4.78, 5) is 12.4. The first kappa shape index (κ1) is 9.28. The van der Waals surface area contributed by atoms with Gasteiger partial charge in [-0.15, -0.1) is 0 Å². The molecule has 0 unspecified atom stereocenters. The van der Waals surface area contributed by atoms with Crippen LogP contribution in [0.1, 0.15) is 0 Å². The Bertz CT molecular complexity index is 157. The van der Waals surface area contributed by atoms with E-state index in [0.717, 1.165) is 0 Å². The first-order valence-electron chi connectivity index (χ1n) is 3.92. The Labute approximate surface area is 71.4 Å². The van der Waals surface area contributed by atoms with Crippen LogP contribution in [0, 0.1) is 0 Å². The maximum absolute atomic E-state index is 10.8. The van der Waals surface area contributed by atoms with Crippen LogP contribution in [0.5, 0.6) is 0 Å². The zero-order chi connectivity index (χ0) is 8.97. The molecule has 0 aromatic carbocycles. The van der Waals surface area contributed by atoms with Crippen molar-refractivity contribution in [2.45, 2.75) is 6.10 Å². The highest BCUT2D eigenvalue weighted by atomic mass is 16.5. The van der Waals surface area contributed by atoms with Crippen molar-refractivity contribution in [3.05, 3.63) is 0 Å². The van der Waals surface area contributed by atoms with E-state index in [1.165, 1.54) is 7.11 Å². The Morgan fingerprint density at radius 2 is 2.33 bits per heavy atom. The molecular weight excluding hydrogens is 160 g/mol. The summed E-state index contributed by atoms with van der Waals surface area (Å²) in [6, 6.07) is 0. The Morgan fingerprint density at radius 3 is 2.83 bits per heavy atom. The summed E-state index contributed by atoms with van der Waals surface area (Å²) >= 11 is 0. The van der Waals surface area contributed by atoms with Crippen LogP contribution in [-0.2, 0) is 9.47 Å². The van der Waals surface area contributed by atoms with Crippen LogP contribution in [0.4, 0.5) is 4.79 Å². The molecule has 5 nitrogen and oxygen atoms in total. The number of amides is 1. The van der Waals surface area contributed by atoms with Gasteiger partial charge in [-0.2, -0.15) is 0 Å². The second-order valence-electron chi connectivity index (χ2n) is 2.66.